The minimum Gasteiger partial charge on any atom is -0.496 e. The van der Waals surface area contributed by atoms with E-state index in [1.54, 1.807) is 13.2 Å². The van der Waals surface area contributed by atoms with Gasteiger partial charge in [-0.25, -0.2) is 4.98 Å². The molecule has 1 aliphatic rings. The van der Waals surface area contributed by atoms with Gasteiger partial charge in [-0.3, -0.25) is 9.59 Å². The highest BCUT2D eigenvalue weighted by atomic mass is 32.1. The molecule has 7 heteroatoms. The van der Waals surface area contributed by atoms with Crippen molar-refractivity contribution >= 4 is 28.9 Å². The summed E-state index contributed by atoms with van der Waals surface area (Å²) in [5, 5.41) is 2.66. The molecule has 0 aliphatic carbocycles. The van der Waals surface area contributed by atoms with Crippen molar-refractivity contribution in [2.75, 3.05) is 13.7 Å². The minimum absolute atomic E-state index is 0.0829. The normalized spacial score (nSPS) is 12.8. The summed E-state index contributed by atoms with van der Waals surface area (Å²) in [6.45, 7) is 4.29. The number of amides is 1. The highest BCUT2D eigenvalue weighted by Crippen LogP contribution is 2.32. The Kier molecular flexibility index (Phi) is 5.63. The smallest absolute Gasteiger partial charge is 0.307 e. The van der Waals surface area contributed by atoms with Crippen molar-refractivity contribution in [2.24, 2.45) is 0 Å². The summed E-state index contributed by atoms with van der Waals surface area (Å²) in [4.78, 5) is 30.7. The van der Waals surface area contributed by atoms with Gasteiger partial charge in [0.2, 0.25) is 0 Å². The van der Waals surface area contributed by atoms with Crippen LogP contribution in [-0.4, -0.2) is 35.4 Å². The average molecular weight is 420 g/mol. The largest absolute Gasteiger partial charge is 0.496 e. The van der Waals surface area contributed by atoms with Gasteiger partial charge in [0.05, 0.1) is 24.8 Å². The summed E-state index contributed by atoms with van der Waals surface area (Å²) < 4.78 is 10.7. The van der Waals surface area contributed by atoms with Gasteiger partial charge in [0.25, 0.3) is 5.91 Å². The maximum absolute atomic E-state index is 12.5. The summed E-state index contributed by atoms with van der Waals surface area (Å²) in [5.74, 6) is 0.217. The van der Waals surface area contributed by atoms with E-state index in [1.165, 1.54) is 16.2 Å². The van der Waals surface area contributed by atoms with Crippen molar-refractivity contribution in [1.29, 1.82) is 0 Å². The summed E-state index contributed by atoms with van der Waals surface area (Å²) >= 11 is 1.46. The molecule has 6 nitrogen and oxygen atoms in total. The van der Waals surface area contributed by atoms with Gasteiger partial charge < -0.3 is 14.4 Å². The topological polar surface area (TPSA) is 68.7 Å². The number of benzene rings is 2. The molecule has 152 valence electrons. The van der Waals surface area contributed by atoms with Gasteiger partial charge in [-0.2, -0.15) is 0 Å². The molecule has 0 N–H and O–H groups in total. The van der Waals surface area contributed by atoms with Crippen molar-refractivity contribution in [3.63, 3.8) is 0 Å². The van der Waals surface area contributed by atoms with Crippen LogP contribution in [0, 0.1) is 0 Å². The fourth-order valence-electron chi connectivity index (χ4n) is 3.32. The number of para-hydroxylation sites is 1. The fraction of sp³-hybridized carbons (Fsp3) is 0.174. The van der Waals surface area contributed by atoms with Crippen LogP contribution in [0.3, 0.4) is 0 Å². The van der Waals surface area contributed by atoms with Crippen LogP contribution in [0.2, 0.25) is 0 Å². The lowest BCUT2D eigenvalue weighted by atomic mass is 10.1. The van der Waals surface area contributed by atoms with Crippen LogP contribution < -0.4 is 4.74 Å². The van der Waals surface area contributed by atoms with Crippen molar-refractivity contribution in [1.82, 2.24) is 9.88 Å². The van der Waals surface area contributed by atoms with Gasteiger partial charge in [0, 0.05) is 28.7 Å². The molecule has 0 fully saturated rings. The van der Waals surface area contributed by atoms with Gasteiger partial charge >= 0.3 is 5.97 Å². The molecular weight excluding hydrogens is 400 g/mol. The van der Waals surface area contributed by atoms with E-state index in [0.717, 1.165) is 21.9 Å². The molecule has 2 heterocycles. The quantitative estimate of drug-likeness (QED) is 0.531. The molecule has 2 aromatic carbocycles. The second-order valence-electron chi connectivity index (χ2n) is 6.70. The van der Waals surface area contributed by atoms with E-state index in [0.29, 0.717) is 17.0 Å². The van der Waals surface area contributed by atoms with Crippen LogP contribution in [0.1, 0.15) is 28.0 Å². The third-order valence-electron chi connectivity index (χ3n) is 4.85. The maximum Gasteiger partial charge on any atom is 0.307 e. The number of carbonyl (C=O) groups is 2. The molecule has 1 aliphatic heterocycles. The fourth-order valence-corrected chi connectivity index (χ4v) is 4.15. The Morgan fingerprint density at radius 2 is 1.80 bits per heavy atom. The molecule has 30 heavy (non-hydrogen) atoms. The van der Waals surface area contributed by atoms with Gasteiger partial charge in [-0.05, 0) is 18.2 Å². The van der Waals surface area contributed by atoms with E-state index in [-0.39, 0.29) is 25.5 Å². The van der Waals surface area contributed by atoms with Crippen LogP contribution in [0.4, 0.5) is 0 Å². The second kappa shape index (κ2) is 8.51. The standard InChI is InChI=1S/C23H20N2O4S/c1-15-17-7-3-4-8-18(17)23(27)25(15)12-11-21(26)29-13-16-14-30-22(24-16)19-9-5-6-10-20(19)28-2/h3-10,14H,1,11-13H2,2H3. The molecule has 1 aromatic heterocycles. The van der Waals surface area contributed by atoms with Crippen LogP contribution in [0.15, 0.2) is 60.5 Å². The number of thiazole rings is 1. The van der Waals surface area contributed by atoms with E-state index in [2.05, 4.69) is 11.6 Å². The average Bonchev–Trinajstić information content (AvgIpc) is 3.34. The van der Waals surface area contributed by atoms with E-state index in [9.17, 15) is 9.59 Å². The predicted molar refractivity (Wildman–Crippen MR) is 115 cm³/mol. The number of aromatic nitrogens is 1. The number of rotatable bonds is 7. The summed E-state index contributed by atoms with van der Waals surface area (Å²) in [5.41, 5.74) is 3.60. The van der Waals surface area contributed by atoms with Crippen LogP contribution in [0.25, 0.3) is 16.3 Å². The number of esters is 1. The third kappa shape index (κ3) is 3.84. The molecule has 4 rings (SSSR count). The number of hydrogen-bond acceptors (Lipinski definition) is 6. The molecule has 0 saturated carbocycles. The van der Waals surface area contributed by atoms with Crippen LogP contribution in [0.5, 0.6) is 5.75 Å². The summed E-state index contributed by atoms with van der Waals surface area (Å²) in [6.07, 6.45) is 0.0856. The Hall–Kier alpha value is -3.45. The first kappa shape index (κ1) is 19.8. The number of methoxy groups -OCH3 is 1. The van der Waals surface area contributed by atoms with Crippen molar-refractivity contribution in [3.8, 4) is 16.3 Å². The Labute approximate surface area is 178 Å². The number of fused-ring (bicyclic) bond motifs is 1. The lowest BCUT2D eigenvalue weighted by molar-refractivity contribution is -0.145. The Morgan fingerprint density at radius 1 is 1.10 bits per heavy atom. The zero-order chi connectivity index (χ0) is 21.1. The van der Waals surface area contributed by atoms with Crippen molar-refractivity contribution < 1.29 is 19.1 Å². The second-order valence-corrected chi connectivity index (χ2v) is 7.56. The van der Waals surface area contributed by atoms with E-state index < -0.39 is 5.97 Å². The molecule has 0 atom stereocenters. The Morgan fingerprint density at radius 3 is 2.53 bits per heavy atom. The molecule has 0 spiro atoms. The number of carbonyl (C=O) groups excluding carboxylic acids is 2. The van der Waals surface area contributed by atoms with Crippen molar-refractivity contribution in [3.05, 3.63) is 77.3 Å². The molecule has 1 amide bonds. The molecule has 0 radical (unpaired) electrons. The molecule has 0 unspecified atom stereocenters. The lowest BCUT2D eigenvalue weighted by Gasteiger charge is -2.16. The van der Waals surface area contributed by atoms with Gasteiger partial charge in [-0.1, -0.05) is 36.9 Å². The first-order chi connectivity index (χ1) is 14.6. The van der Waals surface area contributed by atoms with Crippen LogP contribution in [-0.2, 0) is 16.1 Å². The molecule has 0 saturated heterocycles. The Bertz CT molecular complexity index is 1090. The van der Waals surface area contributed by atoms with E-state index in [1.807, 2.05) is 47.8 Å². The first-order valence-electron chi connectivity index (χ1n) is 9.42. The zero-order valence-corrected chi connectivity index (χ0v) is 17.3. The zero-order valence-electron chi connectivity index (χ0n) is 16.5. The van der Waals surface area contributed by atoms with Crippen LogP contribution >= 0.6 is 11.3 Å². The van der Waals surface area contributed by atoms with E-state index >= 15 is 0 Å². The molecule has 0 bridgehead atoms. The Balaban J connectivity index is 1.32. The van der Waals surface area contributed by atoms with Gasteiger partial charge in [0.15, 0.2) is 0 Å². The maximum atomic E-state index is 12.5. The number of hydrogen-bond donors (Lipinski definition) is 0. The highest BCUT2D eigenvalue weighted by Gasteiger charge is 2.30. The third-order valence-corrected chi connectivity index (χ3v) is 5.77. The minimum atomic E-state index is -0.390. The highest BCUT2D eigenvalue weighted by molar-refractivity contribution is 7.13. The predicted octanol–water partition coefficient (Wildman–Crippen LogP) is 4.38. The van der Waals surface area contributed by atoms with E-state index in [4.69, 9.17) is 9.47 Å². The van der Waals surface area contributed by atoms with Gasteiger partial charge in [0.1, 0.15) is 17.4 Å². The lowest BCUT2D eigenvalue weighted by Crippen LogP contribution is -2.26. The SMILES string of the molecule is C=C1c2ccccc2C(=O)N1CCC(=O)OCc1csc(-c2ccccc2OC)n1. The summed E-state index contributed by atoms with van der Waals surface area (Å²) in [7, 11) is 1.62. The molecule has 3 aromatic rings. The number of nitrogens with zero attached hydrogens (tertiary/aromatic N) is 2. The first-order valence-corrected chi connectivity index (χ1v) is 10.3. The molecular formula is C23H20N2O4S. The van der Waals surface area contributed by atoms with Gasteiger partial charge in [-0.15, -0.1) is 11.3 Å². The van der Waals surface area contributed by atoms with Crippen molar-refractivity contribution in [2.45, 2.75) is 13.0 Å². The number of ether oxygens (including phenoxy) is 2. The summed E-state index contributed by atoms with van der Waals surface area (Å²) in [6, 6.07) is 14.9. The monoisotopic (exact) mass is 420 g/mol.